The maximum absolute atomic E-state index is 12.3. The van der Waals surface area contributed by atoms with E-state index in [4.69, 9.17) is 18.9 Å². The minimum absolute atomic E-state index is 0.383. The number of piperazine rings is 1. The van der Waals surface area contributed by atoms with Crippen molar-refractivity contribution in [3.63, 3.8) is 0 Å². The molecule has 0 aliphatic carbocycles. The normalized spacial score (nSPS) is 15.7. The maximum Gasteiger partial charge on any atom is 0.338 e. The number of carbonyl (C=O) groups excluding carboxylic acids is 1. The highest BCUT2D eigenvalue weighted by Gasteiger charge is 2.18. The predicted octanol–water partition coefficient (Wildman–Crippen LogP) is 1.51. The molecule has 0 amide bonds. The van der Waals surface area contributed by atoms with Crippen LogP contribution >= 0.6 is 0 Å². The fourth-order valence-electron chi connectivity index (χ4n) is 2.81. The van der Waals surface area contributed by atoms with Gasteiger partial charge in [-0.2, -0.15) is 0 Å². The van der Waals surface area contributed by atoms with Crippen molar-refractivity contribution in [1.29, 1.82) is 0 Å². The Morgan fingerprint density at radius 3 is 2.12 bits per heavy atom. The molecule has 25 heavy (non-hydrogen) atoms. The molecular formula is C18H28N2O5. The van der Waals surface area contributed by atoms with Crippen LogP contribution in [0, 0.1) is 0 Å². The molecule has 7 nitrogen and oxygen atoms in total. The average molecular weight is 352 g/mol. The zero-order chi connectivity index (χ0) is 18.2. The molecule has 0 radical (unpaired) electrons. The Morgan fingerprint density at radius 1 is 1.00 bits per heavy atom. The van der Waals surface area contributed by atoms with Gasteiger partial charge in [0.05, 0.1) is 33.5 Å². The van der Waals surface area contributed by atoms with Gasteiger partial charge in [-0.25, -0.2) is 4.79 Å². The highest BCUT2D eigenvalue weighted by atomic mass is 16.5. The van der Waals surface area contributed by atoms with Crippen LogP contribution in [0.5, 0.6) is 17.2 Å². The lowest BCUT2D eigenvalue weighted by Gasteiger charge is -2.32. The Labute approximate surface area is 149 Å². The number of hydrogen-bond acceptors (Lipinski definition) is 7. The molecule has 1 fully saturated rings. The molecule has 1 aromatic carbocycles. The van der Waals surface area contributed by atoms with Gasteiger partial charge in [0.15, 0.2) is 11.5 Å². The molecular weight excluding hydrogens is 324 g/mol. The minimum Gasteiger partial charge on any atom is -0.493 e. The van der Waals surface area contributed by atoms with Gasteiger partial charge in [0.2, 0.25) is 5.75 Å². The van der Waals surface area contributed by atoms with Crippen LogP contribution in [0.1, 0.15) is 16.8 Å². The highest BCUT2D eigenvalue weighted by Crippen LogP contribution is 2.38. The molecule has 0 spiro atoms. The van der Waals surface area contributed by atoms with Crippen molar-refractivity contribution in [3.8, 4) is 17.2 Å². The van der Waals surface area contributed by atoms with Gasteiger partial charge in [-0.3, -0.25) is 0 Å². The second kappa shape index (κ2) is 9.48. The molecule has 1 heterocycles. The predicted molar refractivity (Wildman–Crippen MR) is 94.9 cm³/mol. The van der Waals surface area contributed by atoms with Crippen molar-refractivity contribution in [1.82, 2.24) is 9.80 Å². The molecule has 0 bridgehead atoms. The van der Waals surface area contributed by atoms with Gasteiger partial charge in [0, 0.05) is 32.7 Å². The van der Waals surface area contributed by atoms with Gasteiger partial charge in [-0.05, 0) is 25.6 Å². The van der Waals surface area contributed by atoms with E-state index in [0.29, 0.717) is 29.4 Å². The van der Waals surface area contributed by atoms with Gasteiger partial charge in [-0.1, -0.05) is 0 Å². The van der Waals surface area contributed by atoms with Crippen LogP contribution in [0.15, 0.2) is 12.1 Å². The SMILES string of the molecule is COc1cc(C(=O)OCCCN2CCN(C)CC2)cc(OC)c1OC. The lowest BCUT2D eigenvalue weighted by molar-refractivity contribution is 0.0479. The first kappa shape index (κ1) is 19.3. The first-order chi connectivity index (χ1) is 12.1. The van der Waals surface area contributed by atoms with Crippen molar-refractivity contribution in [2.45, 2.75) is 6.42 Å². The third-order valence-electron chi connectivity index (χ3n) is 4.35. The van der Waals surface area contributed by atoms with E-state index in [0.717, 1.165) is 39.1 Å². The number of rotatable bonds is 8. The Balaban J connectivity index is 1.86. The monoisotopic (exact) mass is 352 g/mol. The Morgan fingerprint density at radius 2 is 1.60 bits per heavy atom. The van der Waals surface area contributed by atoms with Crippen LogP contribution in [-0.2, 0) is 4.74 Å². The lowest BCUT2D eigenvalue weighted by Crippen LogP contribution is -2.44. The molecule has 1 aliphatic heterocycles. The number of nitrogens with zero attached hydrogens (tertiary/aromatic N) is 2. The van der Waals surface area contributed by atoms with Crippen LogP contribution in [0.2, 0.25) is 0 Å². The van der Waals surface area contributed by atoms with Gasteiger partial charge in [0.1, 0.15) is 0 Å². The van der Waals surface area contributed by atoms with E-state index in [1.807, 2.05) is 0 Å². The Bertz CT molecular complexity index is 546. The van der Waals surface area contributed by atoms with E-state index in [9.17, 15) is 4.79 Å². The molecule has 0 N–H and O–H groups in total. The van der Waals surface area contributed by atoms with Crippen LogP contribution in [-0.4, -0.2) is 83.5 Å². The summed E-state index contributed by atoms with van der Waals surface area (Å²) in [5.41, 5.74) is 0.383. The van der Waals surface area contributed by atoms with Crippen molar-refractivity contribution in [2.24, 2.45) is 0 Å². The summed E-state index contributed by atoms with van der Waals surface area (Å²) in [6.07, 6.45) is 0.819. The quantitative estimate of drug-likeness (QED) is 0.519. The van der Waals surface area contributed by atoms with E-state index in [1.165, 1.54) is 21.3 Å². The average Bonchev–Trinajstić information content (AvgIpc) is 2.65. The van der Waals surface area contributed by atoms with Gasteiger partial charge in [-0.15, -0.1) is 0 Å². The third kappa shape index (κ3) is 5.24. The van der Waals surface area contributed by atoms with Crippen LogP contribution in [0.4, 0.5) is 0 Å². The van der Waals surface area contributed by atoms with Crippen LogP contribution in [0.3, 0.4) is 0 Å². The fraction of sp³-hybridized carbons (Fsp3) is 0.611. The van der Waals surface area contributed by atoms with Crippen molar-refractivity contribution in [2.75, 3.05) is 67.7 Å². The number of esters is 1. The van der Waals surface area contributed by atoms with Gasteiger partial charge in [0.25, 0.3) is 0 Å². The highest BCUT2D eigenvalue weighted by molar-refractivity contribution is 5.91. The molecule has 140 valence electrons. The second-order valence-electron chi connectivity index (χ2n) is 6.05. The van der Waals surface area contributed by atoms with E-state index in [1.54, 1.807) is 12.1 Å². The second-order valence-corrected chi connectivity index (χ2v) is 6.05. The number of likely N-dealkylation sites (N-methyl/N-ethyl adjacent to an activating group) is 1. The molecule has 0 saturated carbocycles. The zero-order valence-corrected chi connectivity index (χ0v) is 15.5. The minimum atomic E-state index is -0.391. The molecule has 1 aromatic rings. The summed E-state index contributed by atoms with van der Waals surface area (Å²) in [4.78, 5) is 17.0. The van der Waals surface area contributed by atoms with Crippen LogP contribution in [0.25, 0.3) is 0 Å². The van der Waals surface area contributed by atoms with Crippen LogP contribution < -0.4 is 14.2 Å². The van der Waals surface area contributed by atoms with Crippen molar-refractivity contribution >= 4 is 5.97 Å². The summed E-state index contributed by atoms with van der Waals surface area (Å²) in [5.74, 6) is 0.937. The Hall–Kier alpha value is -1.99. The summed E-state index contributed by atoms with van der Waals surface area (Å²) in [6, 6.07) is 3.20. The fourth-order valence-corrected chi connectivity index (χ4v) is 2.81. The van der Waals surface area contributed by atoms with Gasteiger partial charge < -0.3 is 28.7 Å². The summed E-state index contributed by atoms with van der Waals surface area (Å²) < 4.78 is 21.2. The lowest BCUT2D eigenvalue weighted by atomic mass is 10.2. The summed E-state index contributed by atoms with van der Waals surface area (Å²) >= 11 is 0. The van der Waals surface area contributed by atoms with Crippen molar-refractivity contribution < 1.29 is 23.7 Å². The maximum atomic E-state index is 12.3. The summed E-state index contributed by atoms with van der Waals surface area (Å²) in [6.45, 7) is 5.64. The largest absolute Gasteiger partial charge is 0.493 e. The molecule has 0 atom stereocenters. The first-order valence-electron chi connectivity index (χ1n) is 8.47. The Kier molecular flexibility index (Phi) is 7.33. The summed E-state index contributed by atoms with van der Waals surface area (Å²) in [5, 5.41) is 0. The van der Waals surface area contributed by atoms with E-state index < -0.39 is 5.97 Å². The molecule has 1 aliphatic rings. The number of hydrogen-bond donors (Lipinski definition) is 0. The number of benzene rings is 1. The molecule has 7 heteroatoms. The summed E-state index contributed by atoms with van der Waals surface area (Å²) in [7, 11) is 6.69. The number of methoxy groups -OCH3 is 3. The van der Waals surface area contributed by atoms with Gasteiger partial charge >= 0.3 is 5.97 Å². The molecule has 0 aromatic heterocycles. The smallest absolute Gasteiger partial charge is 0.338 e. The topological polar surface area (TPSA) is 60.5 Å². The molecule has 0 unspecified atom stereocenters. The van der Waals surface area contributed by atoms with E-state index in [2.05, 4.69) is 16.8 Å². The number of ether oxygens (including phenoxy) is 4. The van der Waals surface area contributed by atoms with Crippen molar-refractivity contribution in [3.05, 3.63) is 17.7 Å². The molecule has 2 rings (SSSR count). The number of carbonyl (C=O) groups is 1. The first-order valence-corrected chi connectivity index (χ1v) is 8.47. The standard InChI is InChI=1S/C18H28N2O5/c1-19-7-9-20(10-8-19)6-5-11-25-18(21)14-12-15(22-2)17(24-4)16(13-14)23-3/h12-13H,5-11H2,1-4H3. The zero-order valence-electron chi connectivity index (χ0n) is 15.5. The van der Waals surface area contributed by atoms with E-state index in [-0.39, 0.29) is 0 Å². The van der Waals surface area contributed by atoms with E-state index >= 15 is 0 Å². The molecule has 1 saturated heterocycles. The third-order valence-corrected chi connectivity index (χ3v) is 4.35.